The van der Waals surface area contributed by atoms with Gasteiger partial charge in [0.05, 0.1) is 22.4 Å². The van der Waals surface area contributed by atoms with Crippen LogP contribution >= 0.6 is 0 Å². The third-order valence-corrected chi connectivity index (χ3v) is 8.27. The lowest BCUT2D eigenvalue weighted by Gasteiger charge is -2.13. The first kappa shape index (κ1) is 24.2. The Kier molecular flexibility index (Phi) is 5.44. The first-order chi connectivity index (χ1) is 20.8. The van der Waals surface area contributed by atoms with Crippen molar-refractivity contribution < 1.29 is 0 Å². The minimum absolute atomic E-state index is 0.814. The maximum atomic E-state index is 4.98. The molecule has 198 valence electrons. The van der Waals surface area contributed by atoms with Crippen molar-refractivity contribution in [3.05, 3.63) is 152 Å². The number of imidazole rings is 1. The Morgan fingerprint density at radius 2 is 1.07 bits per heavy atom. The van der Waals surface area contributed by atoms with Crippen molar-refractivity contribution in [3.8, 4) is 22.8 Å². The molecule has 0 aliphatic heterocycles. The molecule has 8 rings (SSSR count). The van der Waals surface area contributed by atoms with Crippen LogP contribution in [0.4, 0.5) is 0 Å². The predicted octanol–water partition coefficient (Wildman–Crippen LogP) is 10.2. The highest BCUT2D eigenvalue weighted by molar-refractivity contribution is 6.32. The topological polar surface area (TPSA) is 22.8 Å². The Morgan fingerprint density at radius 1 is 0.500 bits per heavy atom. The average molecular weight is 538 g/mol. The molecule has 42 heavy (non-hydrogen) atoms. The fraction of sp³-hybridized carbons (Fsp3) is 0. The monoisotopic (exact) mass is 537 g/mol. The van der Waals surface area contributed by atoms with Crippen molar-refractivity contribution in [2.75, 3.05) is 0 Å². The van der Waals surface area contributed by atoms with E-state index in [4.69, 9.17) is 4.98 Å². The molecular formula is C39H27N3. The first-order valence-corrected chi connectivity index (χ1v) is 14.1. The Bertz CT molecular complexity index is 2320. The second kappa shape index (κ2) is 9.46. The summed E-state index contributed by atoms with van der Waals surface area (Å²) in [6.45, 7) is 8.08. The first-order valence-electron chi connectivity index (χ1n) is 14.1. The zero-order valence-electron chi connectivity index (χ0n) is 23.0. The molecule has 2 heterocycles. The van der Waals surface area contributed by atoms with Crippen molar-refractivity contribution in [2.24, 2.45) is 0 Å². The molecule has 0 aliphatic carbocycles. The largest absolute Gasteiger partial charge is 0.309 e. The van der Waals surface area contributed by atoms with Crippen LogP contribution in [0.5, 0.6) is 0 Å². The van der Waals surface area contributed by atoms with Gasteiger partial charge in [-0.2, -0.15) is 0 Å². The number of para-hydroxylation sites is 2. The number of hydrogen-bond donors (Lipinski definition) is 0. The summed E-state index contributed by atoms with van der Waals surface area (Å²) in [5.74, 6) is 0.858. The fourth-order valence-electron chi connectivity index (χ4n) is 6.48. The molecule has 0 bridgehead atoms. The van der Waals surface area contributed by atoms with Crippen LogP contribution in [0, 0.1) is 0 Å². The zero-order chi connectivity index (χ0) is 28.2. The molecule has 8 aromatic rings. The second-order valence-corrected chi connectivity index (χ2v) is 10.5. The minimum Gasteiger partial charge on any atom is -0.309 e. The summed E-state index contributed by atoms with van der Waals surface area (Å²) in [5.41, 5.74) is 7.32. The second-order valence-electron chi connectivity index (χ2n) is 10.5. The highest BCUT2D eigenvalue weighted by Gasteiger charge is 2.20. The van der Waals surface area contributed by atoms with Crippen molar-refractivity contribution >= 4 is 55.5 Å². The van der Waals surface area contributed by atoms with Crippen LogP contribution in [-0.2, 0) is 0 Å². The van der Waals surface area contributed by atoms with Gasteiger partial charge in [0.25, 0.3) is 0 Å². The highest BCUT2D eigenvalue weighted by atomic mass is 15.1. The molecule has 0 N–H and O–H groups in total. The Labute approximate surface area is 243 Å². The molecule has 3 nitrogen and oxygen atoms in total. The van der Waals surface area contributed by atoms with E-state index in [1.807, 2.05) is 24.3 Å². The summed E-state index contributed by atoms with van der Waals surface area (Å²) in [5, 5.41) is 7.61. The summed E-state index contributed by atoms with van der Waals surface area (Å²) < 4.78 is 4.57. The number of benzene rings is 6. The normalized spacial score (nSPS) is 11.5. The maximum Gasteiger partial charge on any atom is 0.145 e. The Morgan fingerprint density at radius 3 is 1.76 bits per heavy atom. The minimum atomic E-state index is 0.814. The molecule has 0 aliphatic rings. The van der Waals surface area contributed by atoms with E-state index in [-0.39, 0.29) is 0 Å². The molecule has 2 aromatic heterocycles. The molecule has 0 saturated heterocycles. The summed E-state index contributed by atoms with van der Waals surface area (Å²) in [6.07, 6.45) is 3.64. The molecule has 0 radical (unpaired) electrons. The molecule has 0 unspecified atom stereocenters. The van der Waals surface area contributed by atoms with Gasteiger partial charge in [-0.1, -0.05) is 98.1 Å². The Hall–Kier alpha value is -5.67. The average Bonchev–Trinajstić information content (AvgIpc) is 3.62. The molecule has 3 heteroatoms. The summed E-state index contributed by atoms with van der Waals surface area (Å²) in [6, 6.07) is 45.3. The van der Waals surface area contributed by atoms with Crippen molar-refractivity contribution in [1.82, 2.24) is 14.1 Å². The third kappa shape index (κ3) is 3.44. The van der Waals surface area contributed by atoms with Crippen LogP contribution in [0.25, 0.3) is 78.3 Å². The summed E-state index contributed by atoms with van der Waals surface area (Å²) in [7, 11) is 0. The van der Waals surface area contributed by atoms with E-state index in [0.29, 0.717) is 0 Å². The van der Waals surface area contributed by atoms with Gasteiger partial charge in [0.1, 0.15) is 5.82 Å². The van der Waals surface area contributed by atoms with Crippen LogP contribution in [0.15, 0.2) is 141 Å². The molecule has 0 saturated carbocycles. The number of fused-ring (bicyclic) bond motifs is 8. The molecule has 0 fully saturated rings. The van der Waals surface area contributed by atoms with Gasteiger partial charge in [-0.25, -0.2) is 4.98 Å². The van der Waals surface area contributed by atoms with E-state index in [1.165, 1.54) is 43.4 Å². The Balaban J connectivity index is 1.40. The van der Waals surface area contributed by atoms with E-state index in [1.54, 1.807) is 6.08 Å². The summed E-state index contributed by atoms with van der Waals surface area (Å²) >= 11 is 0. The highest BCUT2D eigenvalue weighted by Crippen LogP contribution is 2.42. The molecule has 6 aromatic carbocycles. The lowest BCUT2D eigenvalue weighted by molar-refractivity contribution is 1.05. The number of rotatable bonds is 5. The van der Waals surface area contributed by atoms with Gasteiger partial charge in [0, 0.05) is 33.1 Å². The van der Waals surface area contributed by atoms with E-state index >= 15 is 0 Å². The molecule has 0 atom stereocenters. The molecular weight excluding hydrogens is 510 g/mol. The molecule has 0 amide bonds. The van der Waals surface area contributed by atoms with E-state index in [9.17, 15) is 0 Å². The van der Waals surface area contributed by atoms with Crippen LogP contribution in [0.2, 0.25) is 0 Å². The van der Waals surface area contributed by atoms with Crippen molar-refractivity contribution in [3.63, 3.8) is 0 Å². The fourth-order valence-corrected chi connectivity index (χ4v) is 6.48. The van der Waals surface area contributed by atoms with Gasteiger partial charge in [0.15, 0.2) is 0 Å². The SMILES string of the molecule is C=Cc1nc(-c2ccc(-n3c4ccccc4c4c5ccccc5c5ccccc5c43)cc2)n(-c2ccccc2)c1C=C. The maximum absolute atomic E-state index is 4.98. The number of hydrogen-bond acceptors (Lipinski definition) is 1. The van der Waals surface area contributed by atoms with Gasteiger partial charge >= 0.3 is 0 Å². The lowest BCUT2D eigenvalue weighted by atomic mass is 9.97. The van der Waals surface area contributed by atoms with Crippen LogP contribution < -0.4 is 0 Å². The van der Waals surface area contributed by atoms with Gasteiger partial charge < -0.3 is 4.57 Å². The molecule has 0 spiro atoms. The van der Waals surface area contributed by atoms with Crippen LogP contribution in [0.1, 0.15) is 11.4 Å². The lowest BCUT2D eigenvalue weighted by Crippen LogP contribution is -2.00. The summed E-state index contributed by atoms with van der Waals surface area (Å²) in [4.78, 5) is 4.98. The van der Waals surface area contributed by atoms with Crippen molar-refractivity contribution in [2.45, 2.75) is 0 Å². The zero-order valence-corrected chi connectivity index (χ0v) is 23.0. The van der Waals surface area contributed by atoms with Crippen LogP contribution in [-0.4, -0.2) is 14.1 Å². The predicted molar refractivity (Wildman–Crippen MR) is 179 cm³/mol. The van der Waals surface area contributed by atoms with Gasteiger partial charge in [-0.15, -0.1) is 0 Å². The van der Waals surface area contributed by atoms with E-state index in [0.717, 1.165) is 34.2 Å². The van der Waals surface area contributed by atoms with Gasteiger partial charge in [-0.05, 0) is 70.8 Å². The quantitative estimate of drug-likeness (QED) is 0.200. The number of nitrogens with zero attached hydrogens (tertiary/aromatic N) is 3. The van der Waals surface area contributed by atoms with E-state index < -0.39 is 0 Å². The smallest absolute Gasteiger partial charge is 0.145 e. The van der Waals surface area contributed by atoms with E-state index in [2.05, 4.69) is 131 Å². The van der Waals surface area contributed by atoms with Crippen molar-refractivity contribution in [1.29, 1.82) is 0 Å². The van der Waals surface area contributed by atoms with Gasteiger partial charge in [-0.3, -0.25) is 4.57 Å². The number of aromatic nitrogens is 3. The standard InChI is InChI=1S/C39H27N3/c1-3-34-35(4-2)42(27-14-6-5-7-15-27)39(40-34)26-22-24-28(25-23-26)41-36-21-13-12-20-33(36)37-31-18-10-8-16-29(31)30-17-9-11-19-32(30)38(37)41/h3-25H,1-2H2. The van der Waals surface area contributed by atoms with Crippen LogP contribution in [0.3, 0.4) is 0 Å². The van der Waals surface area contributed by atoms with Gasteiger partial charge in [0.2, 0.25) is 0 Å². The third-order valence-electron chi connectivity index (χ3n) is 8.27.